The molecule has 194 valence electrons. The van der Waals surface area contributed by atoms with Crippen LogP contribution in [0.5, 0.6) is 11.5 Å². The molecule has 0 fully saturated rings. The van der Waals surface area contributed by atoms with Gasteiger partial charge in [0.05, 0.1) is 23.9 Å². The predicted octanol–water partition coefficient (Wildman–Crippen LogP) is 4.62. The maximum absolute atomic E-state index is 13.4. The van der Waals surface area contributed by atoms with Crippen LogP contribution in [-0.2, 0) is 21.4 Å². The molecule has 0 saturated heterocycles. The van der Waals surface area contributed by atoms with Crippen molar-refractivity contribution in [2.75, 3.05) is 18.0 Å². The number of nitrogens with zero attached hydrogens (tertiary/aromatic N) is 2. The van der Waals surface area contributed by atoms with Gasteiger partial charge < -0.3 is 9.47 Å². The van der Waals surface area contributed by atoms with Gasteiger partial charge >= 0.3 is 0 Å². The molecule has 0 aliphatic heterocycles. The summed E-state index contributed by atoms with van der Waals surface area (Å²) in [5.41, 5.74) is 4.57. The number of hydrogen-bond acceptors (Lipinski definition) is 6. The van der Waals surface area contributed by atoms with Crippen molar-refractivity contribution < 1.29 is 22.7 Å². The number of sulfonamides is 1. The van der Waals surface area contributed by atoms with E-state index in [9.17, 15) is 13.2 Å². The number of anilines is 1. The zero-order chi connectivity index (χ0) is 26.8. The minimum Gasteiger partial charge on any atom is -0.497 e. The van der Waals surface area contributed by atoms with Crippen LogP contribution >= 0.6 is 0 Å². The first-order chi connectivity index (χ1) is 18.5. The molecule has 0 spiro atoms. The Kier molecular flexibility index (Phi) is 8.73. The average Bonchev–Trinajstić information content (AvgIpc) is 2.96. The zero-order valence-corrected chi connectivity index (χ0v) is 21.5. The van der Waals surface area contributed by atoms with E-state index in [0.29, 0.717) is 23.8 Å². The molecule has 0 bridgehead atoms. The van der Waals surface area contributed by atoms with E-state index in [0.717, 1.165) is 15.4 Å². The Balaban J connectivity index is 1.39. The van der Waals surface area contributed by atoms with Gasteiger partial charge in [0, 0.05) is 0 Å². The summed E-state index contributed by atoms with van der Waals surface area (Å²) in [4.78, 5) is 12.7. The molecule has 0 radical (unpaired) electrons. The molecule has 0 aliphatic carbocycles. The van der Waals surface area contributed by atoms with Gasteiger partial charge in [0.2, 0.25) is 0 Å². The third kappa shape index (κ3) is 6.98. The average molecular weight is 530 g/mol. The largest absolute Gasteiger partial charge is 0.497 e. The van der Waals surface area contributed by atoms with E-state index in [-0.39, 0.29) is 4.90 Å². The fraction of sp³-hybridized carbons (Fsp3) is 0.103. The fourth-order valence-electron chi connectivity index (χ4n) is 3.52. The van der Waals surface area contributed by atoms with Crippen LogP contribution in [0.25, 0.3) is 0 Å². The van der Waals surface area contributed by atoms with E-state index >= 15 is 0 Å². The van der Waals surface area contributed by atoms with Crippen molar-refractivity contribution >= 4 is 27.8 Å². The minimum atomic E-state index is -4.03. The molecule has 9 heteroatoms. The topological polar surface area (TPSA) is 97.3 Å². The molecule has 38 heavy (non-hydrogen) atoms. The van der Waals surface area contributed by atoms with Gasteiger partial charge in [-0.25, -0.2) is 13.8 Å². The Hall–Kier alpha value is -4.63. The summed E-state index contributed by atoms with van der Waals surface area (Å²) in [6.45, 7) is 0.00363. The Morgan fingerprint density at radius 1 is 0.842 bits per heavy atom. The van der Waals surface area contributed by atoms with Crippen molar-refractivity contribution in [1.82, 2.24) is 5.43 Å². The second-order valence-corrected chi connectivity index (χ2v) is 10.0. The van der Waals surface area contributed by atoms with Gasteiger partial charge in [-0.3, -0.25) is 9.10 Å². The highest BCUT2D eigenvalue weighted by Gasteiger charge is 2.27. The lowest BCUT2D eigenvalue weighted by molar-refractivity contribution is -0.119. The van der Waals surface area contributed by atoms with E-state index in [1.165, 1.54) is 25.5 Å². The first-order valence-electron chi connectivity index (χ1n) is 11.8. The Morgan fingerprint density at radius 3 is 2.08 bits per heavy atom. The molecule has 0 atom stereocenters. The van der Waals surface area contributed by atoms with E-state index in [2.05, 4.69) is 10.5 Å². The van der Waals surface area contributed by atoms with Crippen LogP contribution in [0.2, 0.25) is 0 Å². The van der Waals surface area contributed by atoms with Gasteiger partial charge in [0.25, 0.3) is 15.9 Å². The van der Waals surface area contributed by atoms with Crippen LogP contribution in [-0.4, -0.2) is 34.2 Å². The number of amides is 1. The Labute approximate surface area is 222 Å². The minimum absolute atomic E-state index is 0.0352. The fourth-order valence-corrected chi connectivity index (χ4v) is 4.94. The van der Waals surface area contributed by atoms with Crippen LogP contribution < -0.4 is 19.2 Å². The second-order valence-electron chi connectivity index (χ2n) is 8.16. The summed E-state index contributed by atoms with van der Waals surface area (Å²) in [7, 11) is -2.53. The van der Waals surface area contributed by atoms with Gasteiger partial charge in [0.15, 0.2) is 0 Å². The summed E-state index contributed by atoms with van der Waals surface area (Å²) >= 11 is 0. The number of carbonyl (C=O) groups is 1. The number of carbonyl (C=O) groups excluding carboxylic acids is 1. The number of methoxy groups -OCH3 is 1. The number of hydrazone groups is 1. The molecule has 4 aromatic carbocycles. The Morgan fingerprint density at radius 2 is 1.45 bits per heavy atom. The maximum Gasteiger partial charge on any atom is 0.264 e. The molecular formula is C29H27N3O5S. The first kappa shape index (κ1) is 26.4. The molecule has 1 N–H and O–H groups in total. The molecule has 8 nitrogen and oxygen atoms in total. The van der Waals surface area contributed by atoms with E-state index in [1.807, 2.05) is 42.5 Å². The van der Waals surface area contributed by atoms with Crippen molar-refractivity contribution in [2.24, 2.45) is 5.10 Å². The molecule has 1 amide bonds. The maximum atomic E-state index is 13.4. The van der Waals surface area contributed by atoms with Crippen LogP contribution in [0, 0.1) is 0 Å². The normalized spacial score (nSPS) is 11.2. The third-order valence-electron chi connectivity index (χ3n) is 5.51. The third-order valence-corrected chi connectivity index (χ3v) is 7.30. The molecule has 4 rings (SSSR count). The standard InChI is InChI=1S/C29H27N3O5S/c1-36-26-16-18-28(19-17-26)38(34,35)32(25-10-6-3-7-11-25)21-29(33)31-30-20-23-12-14-27(15-13-23)37-22-24-8-4-2-5-9-24/h2-20H,21-22H2,1H3,(H,31,33)/b30-20-. The van der Waals surface area contributed by atoms with Crippen molar-refractivity contribution in [3.63, 3.8) is 0 Å². The van der Waals surface area contributed by atoms with Gasteiger partial charge in [0.1, 0.15) is 24.7 Å². The molecule has 0 heterocycles. The summed E-state index contributed by atoms with van der Waals surface area (Å²) in [5.74, 6) is 0.639. The molecule has 0 saturated carbocycles. The monoisotopic (exact) mass is 529 g/mol. The number of hydrogen-bond donors (Lipinski definition) is 1. The highest BCUT2D eigenvalue weighted by atomic mass is 32.2. The summed E-state index contributed by atoms with van der Waals surface area (Å²) in [6.07, 6.45) is 1.48. The van der Waals surface area contributed by atoms with Crippen molar-refractivity contribution in [3.05, 3.63) is 120 Å². The van der Waals surface area contributed by atoms with E-state index in [1.54, 1.807) is 54.6 Å². The summed E-state index contributed by atoms with van der Waals surface area (Å²) < 4.78 is 38.7. The molecule has 0 unspecified atom stereocenters. The number of benzene rings is 4. The van der Waals surface area contributed by atoms with Crippen LogP contribution in [0.3, 0.4) is 0 Å². The second kappa shape index (κ2) is 12.6. The quantitative estimate of drug-likeness (QED) is 0.226. The molecule has 0 aromatic heterocycles. The molecule has 0 aliphatic rings. The lowest BCUT2D eigenvalue weighted by Crippen LogP contribution is -2.39. The summed E-state index contributed by atoms with van der Waals surface area (Å²) in [6, 6.07) is 31.5. The first-order valence-corrected chi connectivity index (χ1v) is 13.2. The predicted molar refractivity (Wildman–Crippen MR) is 147 cm³/mol. The Bertz CT molecular complexity index is 1460. The van der Waals surface area contributed by atoms with Gasteiger partial charge in [-0.05, 0) is 71.8 Å². The van der Waals surface area contributed by atoms with E-state index < -0.39 is 22.5 Å². The SMILES string of the molecule is COc1ccc(S(=O)(=O)N(CC(=O)N/N=C\c2ccc(OCc3ccccc3)cc2)c2ccccc2)cc1. The van der Waals surface area contributed by atoms with Crippen LogP contribution in [0.15, 0.2) is 119 Å². The van der Waals surface area contributed by atoms with E-state index in [4.69, 9.17) is 9.47 Å². The number of ether oxygens (including phenoxy) is 2. The number of para-hydroxylation sites is 1. The number of nitrogens with one attached hydrogen (secondary N) is 1. The van der Waals surface area contributed by atoms with Crippen molar-refractivity contribution in [3.8, 4) is 11.5 Å². The van der Waals surface area contributed by atoms with Crippen LogP contribution in [0.4, 0.5) is 5.69 Å². The van der Waals surface area contributed by atoms with Crippen molar-refractivity contribution in [1.29, 1.82) is 0 Å². The lowest BCUT2D eigenvalue weighted by Gasteiger charge is -2.23. The van der Waals surface area contributed by atoms with Gasteiger partial charge in [-0.1, -0.05) is 48.5 Å². The van der Waals surface area contributed by atoms with Crippen LogP contribution in [0.1, 0.15) is 11.1 Å². The highest BCUT2D eigenvalue weighted by Crippen LogP contribution is 2.25. The summed E-state index contributed by atoms with van der Waals surface area (Å²) in [5, 5.41) is 3.99. The van der Waals surface area contributed by atoms with Gasteiger partial charge in [-0.2, -0.15) is 5.10 Å². The molecular weight excluding hydrogens is 502 g/mol. The van der Waals surface area contributed by atoms with Gasteiger partial charge in [-0.15, -0.1) is 0 Å². The molecule has 4 aromatic rings. The number of rotatable bonds is 11. The smallest absolute Gasteiger partial charge is 0.264 e. The lowest BCUT2D eigenvalue weighted by atomic mass is 10.2. The van der Waals surface area contributed by atoms with Crippen molar-refractivity contribution in [2.45, 2.75) is 11.5 Å². The zero-order valence-electron chi connectivity index (χ0n) is 20.7. The highest BCUT2D eigenvalue weighted by molar-refractivity contribution is 7.92.